The Bertz CT molecular complexity index is 713. The van der Waals surface area contributed by atoms with Crippen molar-refractivity contribution < 1.29 is 27.4 Å². The van der Waals surface area contributed by atoms with Gasteiger partial charge in [-0.1, -0.05) is 5.21 Å². The Morgan fingerprint density at radius 1 is 1.20 bits per heavy atom. The second-order valence-electron chi connectivity index (χ2n) is 9.76. The SMILES string of the molecule is CC(C)(C)OC(=O)C1(Cc2cn(CC3CCC(C(F)(F)F)CC3)nn2)CCOCC1. The van der Waals surface area contributed by atoms with Crippen LogP contribution in [0, 0.1) is 17.3 Å². The average Bonchev–Trinajstić information content (AvgIpc) is 3.07. The van der Waals surface area contributed by atoms with Gasteiger partial charge in [-0.15, -0.1) is 5.10 Å². The molecule has 0 bridgehead atoms. The van der Waals surface area contributed by atoms with E-state index in [2.05, 4.69) is 10.3 Å². The van der Waals surface area contributed by atoms with E-state index in [-0.39, 0.29) is 24.7 Å². The Morgan fingerprint density at radius 2 is 1.83 bits per heavy atom. The third-order valence-corrected chi connectivity index (χ3v) is 6.14. The smallest absolute Gasteiger partial charge is 0.391 e. The van der Waals surface area contributed by atoms with Crippen LogP contribution in [0.15, 0.2) is 6.20 Å². The van der Waals surface area contributed by atoms with Gasteiger partial charge in [-0.3, -0.25) is 9.48 Å². The predicted octanol–water partition coefficient (Wildman–Crippen LogP) is 4.33. The van der Waals surface area contributed by atoms with Crippen LogP contribution in [-0.2, 0) is 27.2 Å². The van der Waals surface area contributed by atoms with E-state index < -0.39 is 23.1 Å². The molecule has 3 rings (SSSR count). The van der Waals surface area contributed by atoms with Crippen LogP contribution in [0.25, 0.3) is 0 Å². The fourth-order valence-corrected chi connectivity index (χ4v) is 4.39. The summed E-state index contributed by atoms with van der Waals surface area (Å²) in [6.07, 6.45) is 0.715. The largest absolute Gasteiger partial charge is 0.460 e. The predicted molar refractivity (Wildman–Crippen MR) is 104 cm³/mol. The molecule has 1 aromatic heterocycles. The average molecular weight is 431 g/mol. The normalized spacial score (nSPS) is 25.1. The molecule has 9 heteroatoms. The summed E-state index contributed by atoms with van der Waals surface area (Å²) in [5.41, 5.74) is -0.557. The highest BCUT2D eigenvalue weighted by atomic mass is 19.4. The van der Waals surface area contributed by atoms with Gasteiger partial charge in [0.2, 0.25) is 0 Å². The summed E-state index contributed by atoms with van der Waals surface area (Å²) >= 11 is 0. The molecule has 1 aliphatic carbocycles. The van der Waals surface area contributed by atoms with E-state index in [9.17, 15) is 18.0 Å². The number of esters is 1. The number of carbonyl (C=O) groups excluding carboxylic acids is 1. The van der Waals surface area contributed by atoms with Gasteiger partial charge in [-0.2, -0.15) is 13.2 Å². The van der Waals surface area contributed by atoms with Crippen LogP contribution < -0.4 is 0 Å². The molecule has 2 fully saturated rings. The number of nitrogens with zero attached hydrogens (tertiary/aromatic N) is 3. The van der Waals surface area contributed by atoms with Crippen LogP contribution in [0.3, 0.4) is 0 Å². The number of carbonyl (C=O) groups is 1. The van der Waals surface area contributed by atoms with E-state index in [0.29, 0.717) is 57.6 Å². The second kappa shape index (κ2) is 8.85. The number of ether oxygens (including phenoxy) is 2. The maximum Gasteiger partial charge on any atom is 0.391 e. The summed E-state index contributed by atoms with van der Waals surface area (Å²) in [7, 11) is 0. The van der Waals surface area contributed by atoms with Crippen molar-refractivity contribution in [1.82, 2.24) is 15.0 Å². The van der Waals surface area contributed by atoms with Gasteiger partial charge in [-0.05, 0) is 65.2 Å². The van der Waals surface area contributed by atoms with Crippen LogP contribution >= 0.6 is 0 Å². The van der Waals surface area contributed by atoms with Crippen molar-refractivity contribution in [3.05, 3.63) is 11.9 Å². The first-order valence-electron chi connectivity index (χ1n) is 10.7. The molecule has 0 amide bonds. The lowest BCUT2D eigenvalue weighted by Crippen LogP contribution is -2.43. The fourth-order valence-electron chi connectivity index (χ4n) is 4.39. The molecule has 2 aliphatic rings. The molecule has 1 saturated heterocycles. The lowest BCUT2D eigenvalue weighted by molar-refractivity contribution is -0.184. The van der Waals surface area contributed by atoms with Crippen LogP contribution in [-0.4, -0.2) is 46.0 Å². The van der Waals surface area contributed by atoms with Crippen molar-refractivity contribution >= 4 is 5.97 Å². The summed E-state index contributed by atoms with van der Waals surface area (Å²) < 4.78 is 51.4. The highest BCUT2D eigenvalue weighted by molar-refractivity contribution is 5.77. The fraction of sp³-hybridized carbons (Fsp3) is 0.857. The zero-order chi connectivity index (χ0) is 22.0. The van der Waals surface area contributed by atoms with Gasteiger partial charge in [-0.25, -0.2) is 0 Å². The molecule has 1 aromatic rings. The van der Waals surface area contributed by atoms with Gasteiger partial charge in [0, 0.05) is 32.4 Å². The Morgan fingerprint density at radius 3 is 2.40 bits per heavy atom. The van der Waals surface area contributed by atoms with E-state index in [1.165, 1.54) is 0 Å². The van der Waals surface area contributed by atoms with E-state index in [1.807, 2.05) is 27.0 Å². The van der Waals surface area contributed by atoms with Gasteiger partial charge in [0.05, 0.1) is 17.0 Å². The van der Waals surface area contributed by atoms with Crippen LogP contribution in [0.2, 0.25) is 0 Å². The van der Waals surface area contributed by atoms with Crippen LogP contribution in [0.4, 0.5) is 13.2 Å². The summed E-state index contributed by atoms with van der Waals surface area (Å²) in [4.78, 5) is 13.0. The molecule has 0 unspecified atom stereocenters. The molecule has 1 saturated carbocycles. The zero-order valence-electron chi connectivity index (χ0n) is 18.0. The van der Waals surface area contributed by atoms with Crippen molar-refractivity contribution in [1.29, 1.82) is 0 Å². The summed E-state index contributed by atoms with van der Waals surface area (Å²) in [6, 6.07) is 0. The molecule has 0 N–H and O–H groups in total. The number of halogens is 3. The number of rotatable bonds is 5. The third kappa shape index (κ3) is 5.95. The minimum absolute atomic E-state index is 0.168. The summed E-state index contributed by atoms with van der Waals surface area (Å²) in [5.74, 6) is -1.25. The Labute approximate surface area is 175 Å². The van der Waals surface area contributed by atoms with Gasteiger partial charge in [0.1, 0.15) is 5.60 Å². The summed E-state index contributed by atoms with van der Waals surface area (Å²) in [6.45, 7) is 7.09. The minimum atomic E-state index is -4.09. The van der Waals surface area contributed by atoms with Crippen LogP contribution in [0.5, 0.6) is 0 Å². The third-order valence-electron chi connectivity index (χ3n) is 6.14. The molecule has 0 atom stereocenters. The van der Waals surface area contributed by atoms with Gasteiger partial charge >= 0.3 is 12.1 Å². The molecule has 6 nitrogen and oxygen atoms in total. The molecular weight excluding hydrogens is 399 g/mol. The molecule has 170 valence electrons. The van der Waals surface area contributed by atoms with Gasteiger partial charge < -0.3 is 9.47 Å². The first-order chi connectivity index (χ1) is 14.0. The maximum absolute atomic E-state index is 13.0. The first-order valence-corrected chi connectivity index (χ1v) is 10.7. The minimum Gasteiger partial charge on any atom is -0.460 e. The van der Waals surface area contributed by atoms with E-state index >= 15 is 0 Å². The monoisotopic (exact) mass is 431 g/mol. The molecule has 30 heavy (non-hydrogen) atoms. The highest BCUT2D eigenvalue weighted by Crippen LogP contribution is 2.40. The molecule has 0 radical (unpaired) electrons. The Hall–Kier alpha value is -1.64. The number of aromatic nitrogens is 3. The molecule has 1 aliphatic heterocycles. The van der Waals surface area contributed by atoms with Crippen molar-refractivity contribution in [2.75, 3.05) is 13.2 Å². The Kier molecular flexibility index (Phi) is 6.79. The van der Waals surface area contributed by atoms with Gasteiger partial charge in [0.15, 0.2) is 0 Å². The standard InChI is InChI=1S/C21H32F3N3O3/c1-19(2,3)30-18(28)20(8-10-29-11-9-20)12-17-14-27(26-25-17)13-15-4-6-16(7-5-15)21(22,23)24/h14-16H,4-13H2,1-3H3. The van der Waals surface area contributed by atoms with E-state index in [0.717, 1.165) is 0 Å². The first kappa shape index (κ1) is 23.0. The Balaban J connectivity index is 1.61. The van der Waals surface area contributed by atoms with E-state index in [4.69, 9.17) is 9.47 Å². The van der Waals surface area contributed by atoms with Gasteiger partial charge in [0.25, 0.3) is 0 Å². The van der Waals surface area contributed by atoms with Crippen molar-refractivity contribution in [2.45, 2.75) is 84.0 Å². The number of alkyl halides is 3. The lowest BCUT2D eigenvalue weighted by atomic mass is 9.76. The molecule has 0 aromatic carbocycles. The maximum atomic E-state index is 13.0. The van der Waals surface area contributed by atoms with E-state index in [1.54, 1.807) is 4.68 Å². The second-order valence-corrected chi connectivity index (χ2v) is 9.76. The quantitative estimate of drug-likeness (QED) is 0.650. The number of hydrogen-bond donors (Lipinski definition) is 0. The van der Waals surface area contributed by atoms with Crippen molar-refractivity contribution in [3.8, 4) is 0 Å². The van der Waals surface area contributed by atoms with Crippen LogP contribution in [0.1, 0.15) is 65.0 Å². The van der Waals surface area contributed by atoms with Crippen molar-refractivity contribution in [2.24, 2.45) is 17.3 Å². The topological polar surface area (TPSA) is 66.2 Å². The highest BCUT2D eigenvalue weighted by Gasteiger charge is 2.44. The summed E-state index contributed by atoms with van der Waals surface area (Å²) in [5, 5.41) is 8.41. The zero-order valence-corrected chi connectivity index (χ0v) is 18.0. The van der Waals surface area contributed by atoms with Crippen molar-refractivity contribution in [3.63, 3.8) is 0 Å². The molecule has 2 heterocycles. The number of hydrogen-bond acceptors (Lipinski definition) is 5. The molecule has 0 spiro atoms. The lowest BCUT2D eigenvalue weighted by Gasteiger charge is -2.36. The molecular formula is C21H32F3N3O3.